The van der Waals surface area contributed by atoms with E-state index in [4.69, 9.17) is 4.74 Å². The highest BCUT2D eigenvalue weighted by molar-refractivity contribution is 7.80. The lowest BCUT2D eigenvalue weighted by Crippen LogP contribution is -2.18. The Balaban J connectivity index is 0.000000148. The Morgan fingerprint density at radius 3 is 1.67 bits per heavy atom. The molecule has 1 fully saturated rings. The topological polar surface area (TPSA) is 61.3 Å². The third kappa shape index (κ3) is 11.3. The lowest BCUT2D eigenvalue weighted by atomic mass is 10.4. The Morgan fingerprint density at radius 2 is 1.56 bits per heavy atom. The van der Waals surface area contributed by atoms with Crippen LogP contribution in [0.25, 0.3) is 0 Å². The standard InChI is InChI=1S/C4H8O.CH4N2S/c1-2-4-5-3-1;2-1(3)4/h1-4H2;(H4,2,3,4). The molecule has 0 spiro atoms. The van der Waals surface area contributed by atoms with Gasteiger partial charge in [-0.1, -0.05) is 0 Å². The molecule has 1 rings (SSSR count). The molecule has 4 N–H and O–H groups in total. The lowest BCUT2D eigenvalue weighted by Gasteiger charge is -1.76. The van der Waals surface area contributed by atoms with Gasteiger partial charge in [-0.3, -0.25) is 0 Å². The van der Waals surface area contributed by atoms with E-state index in [9.17, 15) is 0 Å². The quantitative estimate of drug-likeness (QED) is 0.474. The second-order valence-corrected chi connectivity index (χ2v) is 2.19. The van der Waals surface area contributed by atoms with Crippen LogP contribution in [0.3, 0.4) is 0 Å². The molecule has 0 aromatic heterocycles. The zero-order valence-electron chi connectivity index (χ0n) is 5.30. The van der Waals surface area contributed by atoms with Crippen molar-refractivity contribution in [3.8, 4) is 0 Å². The van der Waals surface area contributed by atoms with Crippen LogP contribution >= 0.6 is 12.2 Å². The first-order valence-corrected chi connectivity index (χ1v) is 3.27. The van der Waals surface area contributed by atoms with Gasteiger partial charge in [0.25, 0.3) is 0 Å². The number of rotatable bonds is 0. The van der Waals surface area contributed by atoms with Crippen molar-refractivity contribution in [1.82, 2.24) is 0 Å². The first kappa shape index (κ1) is 8.65. The van der Waals surface area contributed by atoms with E-state index in [2.05, 4.69) is 23.7 Å². The summed E-state index contributed by atoms with van der Waals surface area (Å²) in [5, 5.41) is 0.000000000000000222. The minimum Gasteiger partial charge on any atom is -0.381 e. The predicted molar refractivity (Wildman–Crippen MR) is 41.0 cm³/mol. The van der Waals surface area contributed by atoms with Crippen molar-refractivity contribution < 1.29 is 4.74 Å². The van der Waals surface area contributed by atoms with Crippen molar-refractivity contribution in [2.75, 3.05) is 13.2 Å². The van der Waals surface area contributed by atoms with Crippen LogP contribution in [0.1, 0.15) is 12.8 Å². The molecular formula is C5H12N2OS. The monoisotopic (exact) mass is 148 g/mol. The van der Waals surface area contributed by atoms with Gasteiger partial charge in [0.1, 0.15) is 0 Å². The zero-order valence-corrected chi connectivity index (χ0v) is 6.12. The SMILES string of the molecule is C1CCOC1.NC(N)=S. The molecule has 0 radical (unpaired) electrons. The van der Waals surface area contributed by atoms with E-state index < -0.39 is 0 Å². The maximum atomic E-state index is 4.94. The summed E-state index contributed by atoms with van der Waals surface area (Å²) in [4.78, 5) is 0. The second-order valence-electron chi connectivity index (χ2n) is 1.72. The van der Waals surface area contributed by atoms with Crippen LogP contribution < -0.4 is 11.5 Å². The van der Waals surface area contributed by atoms with Gasteiger partial charge in [-0.05, 0) is 25.1 Å². The van der Waals surface area contributed by atoms with Crippen LogP contribution in [0.2, 0.25) is 0 Å². The third-order valence-corrected chi connectivity index (χ3v) is 0.827. The molecule has 0 aromatic carbocycles. The molecule has 0 atom stereocenters. The first-order valence-electron chi connectivity index (χ1n) is 2.86. The number of thiocarbonyl (C=S) groups is 1. The summed E-state index contributed by atoms with van der Waals surface area (Å²) < 4.78 is 4.94. The Morgan fingerprint density at radius 1 is 1.22 bits per heavy atom. The third-order valence-electron chi connectivity index (χ3n) is 0.827. The van der Waals surface area contributed by atoms with E-state index in [0.717, 1.165) is 13.2 Å². The highest BCUT2D eigenvalue weighted by Crippen LogP contribution is 1.98. The fraction of sp³-hybridized carbons (Fsp3) is 0.800. The number of hydrogen-bond donors (Lipinski definition) is 2. The van der Waals surface area contributed by atoms with Gasteiger partial charge in [-0.2, -0.15) is 0 Å². The van der Waals surface area contributed by atoms with Gasteiger partial charge in [0.15, 0.2) is 5.11 Å². The predicted octanol–water partition coefficient (Wildman–Crippen LogP) is -0.0145. The molecule has 0 amide bonds. The molecule has 1 aliphatic rings. The number of ether oxygens (including phenoxy) is 1. The van der Waals surface area contributed by atoms with Gasteiger partial charge in [-0.25, -0.2) is 0 Å². The van der Waals surface area contributed by atoms with E-state index in [1.54, 1.807) is 0 Å². The molecule has 3 nitrogen and oxygen atoms in total. The van der Waals surface area contributed by atoms with Gasteiger partial charge in [0.05, 0.1) is 0 Å². The summed E-state index contributed by atoms with van der Waals surface area (Å²) in [6, 6.07) is 0. The van der Waals surface area contributed by atoms with Crippen LogP contribution in [-0.4, -0.2) is 18.3 Å². The Bertz CT molecular complexity index is 71.4. The molecule has 54 valence electrons. The van der Waals surface area contributed by atoms with Gasteiger partial charge >= 0.3 is 0 Å². The molecular weight excluding hydrogens is 136 g/mol. The average Bonchev–Trinajstić information content (AvgIpc) is 2.11. The van der Waals surface area contributed by atoms with Crippen molar-refractivity contribution in [3.63, 3.8) is 0 Å². The average molecular weight is 148 g/mol. The van der Waals surface area contributed by atoms with Crippen molar-refractivity contribution in [2.45, 2.75) is 12.8 Å². The maximum Gasteiger partial charge on any atom is 0.160 e. The van der Waals surface area contributed by atoms with Crippen LogP contribution in [0.15, 0.2) is 0 Å². The van der Waals surface area contributed by atoms with Crippen molar-refractivity contribution in [3.05, 3.63) is 0 Å². The second kappa shape index (κ2) is 5.78. The fourth-order valence-electron chi connectivity index (χ4n) is 0.510. The molecule has 0 saturated carbocycles. The van der Waals surface area contributed by atoms with E-state index in [0.29, 0.717) is 0 Å². The minimum atomic E-state index is 0.000000000000000222. The van der Waals surface area contributed by atoms with Gasteiger partial charge in [0, 0.05) is 13.2 Å². The fourth-order valence-corrected chi connectivity index (χ4v) is 0.510. The van der Waals surface area contributed by atoms with E-state index in [1.165, 1.54) is 12.8 Å². The molecule has 0 aromatic rings. The molecule has 1 saturated heterocycles. The number of hydrogen-bond acceptors (Lipinski definition) is 2. The van der Waals surface area contributed by atoms with E-state index in [1.807, 2.05) is 0 Å². The first-order chi connectivity index (χ1) is 4.23. The van der Waals surface area contributed by atoms with E-state index >= 15 is 0 Å². The normalized spacial score (nSPS) is 16.0. The molecule has 1 heterocycles. The molecule has 0 aliphatic carbocycles. The highest BCUT2D eigenvalue weighted by Gasteiger charge is 1.94. The van der Waals surface area contributed by atoms with Crippen LogP contribution in [-0.2, 0) is 4.74 Å². The summed E-state index contributed by atoms with van der Waals surface area (Å²) in [5.41, 5.74) is 9.24. The zero-order chi connectivity index (χ0) is 7.11. The van der Waals surface area contributed by atoms with Crippen LogP contribution in [0.4, 0.5) is 0 Å². The van der Waals surface area contributed by atoms with Crippen LogP contribution in [0.5, 0.6) is 0 Å². The largest absolute Gasteiger partial charge is 0.381 e. The van der Waals surface area contributed by atoms with E-state index in [-0.39, 0.29) is 5.11 Å². The summed E-state index contributed by atoms with van der Waals surface area (Å²) in [6.07, 6.45) is 2.56. The van der Waals surface area contributed by atoms with Crippen molar-refractivity contribution >= 4 is 17.3 Å². The van der Waals surface area contributed by atoms with Gasteiger partial charge in [-0.15, -0.1) is 0 Å². The maximum absolute atomic E-state index is 4.94. The Hall–Kier alpha value is -0.350. The smallest absolute Gasteiger partial charge is 0.160 e. The lowest BCUT2D eigenvalue weighted by molar-refractivity contribution is 0.198. The molecule has 0 bridgehead atoms. The summed E-state index contributed by atoms with van der Waals surface area (Å²) in [7, 11) is 0. The molecule has 4 heteroatoms. The van der Waals surface area contributed by atoms with Gasteiger partial charge < -0.3 is 16.2 Å². The molecule has 1 aliphatic heterocycles. The van der Waals surface area contributed by atoms with Crippen molar-refractivity contribution in [1.29, 1.82) is 0 Å². The minimum absolute atomic E-state index is 0.000000000000000222. The summed E-state index contributed by atoms with van der Waals surface area (Å²) >= 11 is 4.09. The van der Waals surface area contributed by atoms with Crippen molar-refractivity contribution in [2.24, 2.45) is 11.5 Å². The molecule has 0 unspecified atom stereocenters. The summed E-state index contributed by atoms with van der Waals surface area (Å²) in [5.74, 6) is 0. The number of nitrogens with two attached hydrogens (primary N) is 2. The van der Waals surface area contributed by atoms with Gasteiger partial charge in [0.2, 0.25) is 0 Å². The highest BCUT2D eigenvalue weighted by atomic mass is 32.1. The Kier molecular flexibility index (Phi) is 5.56. The van der Waals surface area contributed by atoms with Crippen LogP contribution in [0, 0.1) is 0 Å². The summed E-state index contributed by atoms with van der Waals surface area (Å²) in [6.45, 7) is 2.00. The Labute approximate surface area is 60.4 Å². The molecule has 9 heavy (non-hydrogen) atoms.